The van der Waals surface area contributed by atoms with E-state index in [0.29, 0.717) is 153 Å². The lowest BCUT2D eigenvalue weighted by molar-refractivity contribution is 0.101. The molecule has 133 heavy (non-hydrogen) atoms. The summed E-state index contributed by atoms with van der Waals surface area (Å²) in [5.41, 5.74) is 20.9. The van der Waals surface area contributed by atoms with Gasteiger partial charge in [0.05, 0.1) is 167 Å². The zero-order valence-corrected chi connectivity index (χ0v) is 74.3. The van der Waals surface area contributed by atoms with Crippen molar-refractivity contribution in [3.8, 4) is 90.7 Å². The van der Waals surface area contributed by atoms with Gasteiger partial charge in [-0.2, -0.15) is 30.6 Å². The lowest BCUT2D eigenvalue weighted by atomic mass is 10.1. The summed E-state index contributed by atoms with van der Waals surface area (Å²) in [5, 5.41) is 43.3. The maximum atomic E-state index is 13.1. The summed E-state index contributed by atoms with van der Waals surface area (Å²) in [7, 11) is 9.38. The first-order valence-electron chi connectivity index (χ1n) is 43.3. The third-order valence-electron chi connectivity index (χ3n) is 22.1. The van der Waals surface area contributed by atoms with E-state index < -0.39 is 0 Å². The largest absolute Gasteiger partial charge is 0.378 e. The Morgan fingerprint density at radius 2 is 0.654 bits per heavy atom. The standard InChI is InChI=1S/C26H28N8O.C25H25N7O2.2C22H22N8O2/c1-18-13-19(15-27-14-18)21-5-4-6-23(29-21)26(35)30-24-17-33(3)31-25(24)22-8-7-20(16-28-22)34-11-9-32(2)10-12-34;1-17-12-18(14-26-13-17)20-4-3-5-22(28-20)25(33)29-23-16-31(2)30-24(23)21-7-6-19(15-27-21)32-8-10-34-11-9-32;1-29-14-20(27-22(31)19-4-2-3-17(26-19)15-11-24-25-12-15)21(28-29)18-6-5-16(13-23-18)30-7-9-32-10-8-30;1-29-14-20(26-22(31)19-4-2-3-16(25-19)17-7-8-24-27-17)21(28-29)18-6-5-15(13-23-18)30-9-11-32-12-10-30/h4-8,13-17H,9-12H2,1-3H3,(H,30,35);3-7,12-16H,8-11H2,1-2H3,(H,29,33);2-6,11-14H,7-10H2,1H3,(H,24,25)(H,27,31);2-8,13-14H,9-12H2,1H3,(H,24,27)(H,26,31). The van der Waals surface area contributed by atoms with Crippen LogP contribution in [0.3, 0.4) is 0 Å². The number of aromatic nitrogens is 22. The van der Waals surface area contributed by atoms with Crippen molar-refractivity contribution in [2.24, 2.45) is 28.2 Å². The number of aryl methyl sites for hydroxylation is 6. The van der Waals surface area contributed by atoms with E-state index in [1.54, 1.807) is 143 Å². The number of nitrogens with one attached hydrogen (secondary N) is 6. The molecule has 0 bridgehead atoms. The highest BCUT2D eigenvalue weighted by atomic mass is 16.5. The molecule has 0 atom stereocenters. The van der Waals surface area contributed by atoms with Crippen molar-refractivity contribution in [3.63, 3.8) is 0 Å². The first kappa shape index (κ1) is 88.7. The first-order valence-corrected chi connectivity index (χ1v) is 43.3. The summed E-state index contributed by atoms with van der Waals surface area (Å²) in [6.45, 7) is 17.3. The van der Waals surface area contributed by atoms with E-state index >= 15 is 0 Å². The summed E-state index contributed by atoms with van der Waals surface area (Å²) in [6, 6.07) is 42.9. The number of morpholine rings is 3. The number of piperazine rings is 1. The van der Waals surface area contributed by atoms with Crippen LogP contribution >= 0.6 is 0 Å². The number of nitrogens with zero attached hydrogens (tertiary/aromatic N) is 25. The number of hydrogen-bond donors (Lipinski definition) is 6. The van der Waals surface area contributed by atoms with Crippen molar-refractivity contribution in [1.29, 1.82) is 0 Å². The van der Waals surface area contributed by atoms with Crippen LogP contribution in [0.15, 0.2) is 232 Å². The molecule has 6 N–H and O–H groups in total. The molecule has 4 fully saturated rings. The molecule has 38 heteroatoms. The molecule has 4 aliphatic rings. The van der Waals surface area contributed by atoms with Crippen LogP contribution in [0.2, 0.25) is 0 Å². The van der Waals surface area contributed by atoms with Gasteiger partial charge in [-0.25, -0.2) is 19.9 Å². The minimum atomic E-state index is -0.328. The molecule has 0 spiro atoms. The SMILES string of the molecule is Cc1cncc(-c2cccc(C(=O)Nc3cn(C)nc3-c3ccc(N4CCN(C)CC4)cn3)n2)c1.Cc1cncc(-c2cccc(C(=O)Nc3cn(C)nc3-c3ccc(N4CCOCC4)cn3)n2)c1.Cn1cc(NC(=O)c2cccc(-c3ccn[nH]3)n2)c(-c2ccc(N3CCOCC3)cn2)n1.Cn1cc(NC(=O)c2cccc(-c3cn[nH]c3)n2)c(-c2ccc(N3CCOCC3)cn2)n1. The van der Waals surface area contributed by atoms with Crippen LogP contribution in [0.5, 0.6) is 0 Å². The molecule has 16 aromatic rings. The van der Waals surface area contributed by atoms with Crippen molar-refractivity contribution < 1.29 is 33.4 Å². The number of anilines is 8. The Labute approximate surface area is 765 Å². The quantitative estimate of drug-likeness (QED) is 0.0413. The molecule has 4 aliphatic heterocycles. The van der Waals surface area contributed by atoms with Crippen LogP contribution in [0.25, 0.3) is 90.7 Å². The maximum Gasteiger partial charge on any atom is 0.274 e. The normalized spacial score (nSPS) is 13.9. The average molecular weight is 1790 g/mol. The zero-order chi connectivity index (χ0) is 91.7. The van der Waals surface area contributed by atoms with Crippen LogP contribution in [-0.4, -0.2) is 250 Å². The summed E-state index contributed by atoms with van der Waals surface area (Å²) < 4.78 is 22.9. The molecular weight excluding hydrogens is 1690 g/mol. The number of hydrogen-bond acceptors (Lipinski definition) is 28. The van der Waals surface area contributed by atoms with Gasteiger partial charge in [0.25, 0.3) is 23.6 Å². The van der Waals surface area contributed by atoms with E-state index in [1.807, 2.05) is 144 Å². The Balaban J connectivity index is 0.000000124. The predicted octanol–water partition coefficient (Wildman–Crippen LogP) is 11.3. The lowest BCUT2D eigenvalue weighted by Gasteiger charge is -2.33. The zero-order valence-electron chi connectivity index (χ0n) is 74.3. The van der Waals surface area contributed by atoms with Gasteiger partial charge in [0, 0.05) is 172 Å². The molecule has 674 valence electrons. The molecule has 4 saturated heterocycles. The van der Waals surface area contributed by atoms with Crippen LogP contribution in [0, 0.1) is 13.8 Å². The van der Waals surface area contributed by atoms with Gasteiger partial charge in [-0.05, 0) is 147 Å². The molecule has 4 amide bonds. The Morgan fingerprint density at radius 3 is 0.955 bits per heavy atom. The van der Waals surface area contributed by atoms with Crippen molar-refractivity contribution in [2.45, 2.75) is 13.8 Å². The fourth-order valence-electron chi connectivity index (χ4n) is 15.3. The highest BCUT2D eigenvalue weighted by Crippen LogP contribution is 2.34. The number of carbonyl (C=O) groups is 4. The molecule has 20 heterocycles. The van der Waals surface area contributed by atoms with Gasteiger partial charge in [0.2, 0.25) is 0 Å². The number of amides is 4. The minimum Gasteiger partial charge on any atom is -0.378 e. The Hall–Kier alpha value is -16.3. The van der Waals surface area contributed by atoms with E-state index in [1.165, 1.54) is 0 Å². The summed E-state index contributed by atoms with van der Waals surface area (Å²) in [6.07, 6.45) is 26.5. The Kier molecular flexibility index (Phi) is 27.6. The number of ether oxygens (including phenoxy) is 3. The van der Waals surface area contributed by atoms with Gasteiger partial charge < -0.3 is 60.0 Å². The number of likely N-dealkylation sites (N-methyl/N-ethyl adjacent to an activating group) is 1. The summed E-state index contributed by atoms with van der Waals surface area (Å²) >= 11 is 0. The maximum absolute atomic E-state index is 13.1. The van der Waals surface area contributed by atoms with Crippen molar-refractivity contribution in [3.05, 3.63) is 266 Å². The van der Waals surface area contributed by atoms with Crippen LogP contribution in [0.4, 0.5) is 45.5 Å². The molecule has 20 rings (SSSR count). The van der Waals surface area contributed by atoms with Gasteiger partial charge in [0.15, 0.2) is 0 Å². The van der Waals surface area contributed by atoms with Gasteiger partial charge in [0.1, 0.15) is 45.6 Å². The molecule has 0 aromatic carbocycles. The van der Waals surface area contributed by atoms with Crippen LogP contribution in [-0.2, 0) is 42.4 Å². The molecule has 0 saturated carbocycles. The van der Waals surface area contributed by atoms with Crippen LogP contribution < -0.4 is 40.9 Å². The minimum absolute atomic E-state index is 0.294. The summed E-state index contributed by atoms with van der Waals surface area (Å²) in [4.78, 5) is 108. The number of H-pyrrole nitrogens is 2. The molecule has 0 unspecified atom stereocenters. The highest BCUT2D eigenvalue weighted by molar-refractivity contribution is 6.07. The van der Waals surface area contributed by atoms with Gasteiger partial charge in [-0.1, -0.05) is 24.3 Å². The van der Waals surface area contributed by atoms with Crippen molar-refractivity contribution >= 4 is 69.1 Å². The smallest absolute Gasteiger partial charge is 0.274 e. The monoisotopic (exact) mass is 1780 g/mol. The third-order valence-corrected chi connectivity index (χ3v) is 22.1. The van der Waals surface area contributed by atoms with Gasteiger partial charge >= 0.3 is 0 Å². The highest BCUT2D eigenvalue weighted by Gasteiger charge is 2.26. The lowest BCUT2D eigenvalue weighted by Crippen LogP contribution is -2.44. The third kappa shape index (κ3) is 22.2. The van der Waals surface area contributed by atoms with Crippen molar-refractivity contribution in [1.82, 2.24) is 114 Å². The first-order chi connectivity index (χ1) is 64.9. The second-order valence-electron chi connectivity index (χ2n) is 31.9. The van der Waals surface area contributed by atoms with E-state index in [2.05, 4.69) is 150 Å². The van der Waals surface area contributed by atoms with E-state index in [-0.39, 0.29) is 23.6 Å². The molecular formula is C95H97N31O7. The fourth-order valence-corrected chi connectivity index (χ4v) is 15.3. The number of pyridine rings is 10. The molecule has 16 aromatic heterocycles. The van der Waals surface area contributed by atoms with E-state index in [0.717, 1.165) is 122 Å². The molecule has 0 aliphatic carbocycles. The Morgan fingerprint density at radius 1 is 0.331 bits per heavy atom. The summed E-state index contributed by atoms with van der Waals surface area (Å²) in [5.74, 6) is -1.28. The second-order valence-corrected chi connectivity index (χ2v) is 31.9. The Bertz CT molecular complexity index is 6480. The van der Waals surface area contributed by atoms with E-state index in [4.69, 9.17) is 14.2 Å². The topological polar surface area (TPSA) is 418 Å². The number of carbonyl (C=O) groups excluding carboxylic acids is 4. The van der Waals surface area contributed by atoms with Gasteiger partial charge in [-0.15, -0.1) is 0 Å². The fraction of sp³-hybridized carbons (Fsp3) is 0.242. The van der Waals surface area contributed by atoms with Crippen LogP contribution in [0.1, 0.15) is 53.1 Å². The number of aromatic amines is 2. The molecule has 38 nitrogen and oxygen atoms in total. The van der Waals surface area contributed by atoms with E-state index in [9.17, 15) is 19.2 Å². The average Bonchev–Trinajstić information content (AvgIpc) is 1.68. The van der Waals surface area contributed by atoms with Gasteiger partial charge in [-0.3, -0.25) is 78.0 Å². The predicted molar refractivity (Wildman–Crippen MR) is 504 cm³/mol. The second kappa shape index (κ2) is 41.4. The van der Waals surface area contributed by atoms with Crippen molar-refractivity contribution in [2.75, 3.05) is 153 Å². The molecule has 0 radical (unpaired) electrons. The number of rotatable bonds is 20.